The second kappa shape index (κ2) is 13.8. The Morgan fingerprint density at radius 1 is 0.809 bits per heavy atom. The quantitative estimate of drug-likeness (QED) is 0.106. The van der Waals surface area contributed by atoms with Gasteiger partial charge >= 0.3 is 0 Å². The minimum atomic E-state index is 0.835. The first kappa shape index (κ1) is 30.8. The third-order valence-corrected chi connectivity index (χ3v) is 8.35. The highest BCUT2D eigenvalue weighted by Gasteiger charge is 2.16. The van der Waals surface area contributed by atoms with E-state index in [2.05, 4.69) is 126 Å². The van der Waals surface area contributed by atoms with Crippen molar-refractivity contribution in [2.24, 2.45) is 5.73 Å². The third-order valence-electron chi connectivity index (χ3n) is 8.35. The number of hydrogen-bond donors (Lipinski definition) is 2. The van der Waals surface area contributed by atoms with Crippen LogP contribution in [0.4, 0.5) is 0 Å². The Morgan fingerprint density at radius 2 is 1.60 bits per heavy atom. The van der Waals surface area contributed by atoms with E-state index >= 15 is 0 Å². The summed E-state index contributed by atoms with van der Waals surface area (Å²) in [5.41, 5.74) is 16.7. The van der Waals surface area contributed by atoms with Crippen LogP contribution in [-0.2, 0) is 0 Å². The van der Waals surface area contributed by atoms with Crippen LogP contribution in [0.3, 0.4) is 0 Å². The predicted molar refractivity (Wildman–Crippen MR) is 206 cm³/mol. The van der Waals surface area contributed by atoms with Gasteiger partial charge in [0.15, 0.2) is 0 Å². The normalized spacial score (nSPS) is 12.9. The van der Waals surface area contributed by atoms with Crippen molar-refractivity contribution in [3.05, 3.63) is 163 Å². The second-order valence-corrected chi connectivity index (χ2v) is 11.5. The van der Waals surface area contributed by atoms with E-state index in [1.54, 1.807) is 18.5 Å². The van der Waals surface area contributed by atoms with Gasteiger partial charge in [0, 0.05) is 39.7 Å². The van der Waals surface area contributed by atoms with Crippen LogP contribution >= 0.6 is 0 Å². The molecule has 0 spiro atoms. The van der Waals surface area contributed by atoms with E-state index in [1.807, 2.05) is 37.4 Å². The van der Waals surface area contributed by atoms with Crippen molar-refractivity contribution in [2.75, 3.05) is 0 Å². The largest absolute Gasteiger partial charge is 0.405 e. The molecule has 0 bridgehead atoms. The van der Waals surface area contributed by atoms with Crippen molar-refractivity contribution < 1.29 is 0 Å². The summed E-state index contributed by atoms with van der Waals surface area (Å²) in [4.78, 5) is 0. The molecule has 6 aromatic rings. The molecule has 0 radical (unpaired) electrons. The van der Waals surface area contributed by atoms with E-state index in [4.69, 9.17) is 11.1 Å². The van der Waals surface area contributed by atoms with Gasteiger partial charge in [-0.05, 0) is 95.2 Å². The smallest absolute Gasteiger partial charge is 0.295 e. The molecule has 0 fully saturated rings. The first-order chi connectivity index (χ1) is 23.0. The molecule has 0 amide bonds. The van der Waals surface area contributed by atoms with E-state index in [1.165, 1.54) is 50.2 Å². The number of allylic oxidation sites excluding steroid dienone is 8. The summed E-state index contributed by atoms with van der Waals surface area (Å²) >= 11 is 0. The topological polar surface area (TPSA) is 68.9 Å². The predicted octanol–water partition coefficient (Wildman–Crippen LogP) is 9.85. The van der Waals surface area contributed by atoms with Crippen molar-refractivity contribution >= 4 is 62.4 Å². The molecule has 0 saturated carbocycles. The molecule has 2 heterocycles. The van der Waals surface area contributed by atoms with Gasteiger partial charge in [0.05, 0.1) is 11.0 Å². The van der Waals surface area contributed by atoms with Gasteiger partial charge in [0.2, 0.25) is 0 Å². The molecule has 1 aliphatic heterocycles. The molecule has 7 rings (SSSR count). The van der Waals surface area contributed by atoms with Crippen molar-refractivity contribution in [1.82, 2.24) is 9.24 Å². The van der Waals surface area contributed by atoms with Crippen LogP contribution in [0.25, 0.3) is 60.5 Å². The van der Waals surface area contributed by atoms with Crippen LogP contribution in [-0.4, -0.2) is 23.2 Å². The van der Waals surface area contributed by atoms with Crippen LogP contribution in [0, 0.1) is 5.41 Å². The zero-order valence-corrected chi connectivity index (χ0v) is 26.7. The fraction of sp³-hybridized carbons (Fsp3) is 0.0465. The molecule has 3 N–H and O–H groups in total. The molecule has 1 aromatic heterocycles. The van der Waals surface area contributed by atoms with E-state index in [0.717, 1.165) is 33.3 Å². The van der Waals surface area contributed by atoms with Gasteiger partial charge in [-0.15, -0.1) is 4.67 Å². The summed E-state index contributed by atoms with van der Waals surface area (Å²) in [6.07, 6.45) is 16.0. The minimum absolute atomic E-state index is 0.835. The average Bonchev–Trinajstić information content (AvgIpc) is 3.74. The van der Waals surface area contributed by atoms with Gasteiger partial charge in [-0.1, -0.05) is 97.6 Å². The summed E-state index contributed by atoms with van der Waals surface area (Å²) in [5.74, 6) is 0. The Bertz CT molecular complexity index is 2340. The molecule has 4 heteroatoms. The number of fused-ring (bicyclic) bond motifs is 5. The van der Waals surface area contributed by atoms with Crippen LogP contribution in [0.1, 0.15) is 25.0 Å². The Balaban J connectivity index is 0.000000580. The Labute approximate surface area is 275 Å². The maximum absolute atomic E-state index is 7.86. The first-order valence-electron chi connectivity index (χ1n) is 15.6. The number of para-hydroxylation sites is 1. The van der Waals surface area contributed by atoms with Crippen molar-refractivity contribution in [3.63, 3.8) is 0 Å². The number of nitrogens with zero attached hydrogens (tertiary/aromatic N) is 2. The lowest BCUT2D eigenvalue weighted by atomic mass is 9.98. The van der Waals surface area contributed by atoms with E-state index in [0.29, 0.717) is 0 Å². The minimum Gasteiger partial charge on any atom is -0.405 e. The van der Waals surface area contributed by atoms with Crippen LogP contribution in [0.2, 0.25) is 0 Å². The molecule has 1 aliphatic rings. The van der Waals surface area contributed by atoms with Gasteiger partial charge in [-0.3, -0.25) is 0 Å². The maximum Gasteiger partial charge on any atom is 0.295 e. The lowest BCUT2D eigenvalue weighted by Gasteiger charge is -2.12. The highest BCUT2D eigenvalue weighted by Crippen LogP contribution is 2.39. The SMILES string of the molecule is C=C/C=C(\C=N)c1ccc2c(ccc3c4ccc(-c5cccc(/C(C)=C/C=C\N)c5)cc4n(-c4ccccc4)c23)c1.CC1=CC=[N+]=C1. The number of benzene rings is 5. The Kier molecular flexibility index (Phi) is 9.06. The summed E-state index contributed by atoms with van der Waals surface area (Å²) in [6.45, 7) is 7.93. The lowest BCUT2D eigenvalue weighted by molar-refractivity contribution is 1.19. The molecule has 4 nitrogen and oxygen atoms in total. The first-order valence-corrected chi connectivity index (χ1v) is 15.6. The standard InChI is InChI=1S/C38H31N3.C5H6N/c1-3-9-32(25-40)29-15-18-34-31(23-29)17-20-36-35-19-16-30(28-12-7-11-27(22-28)26(2)10-8-21-39)24-37(35)41(38(34)36)33-13-5-4-6-14-33;1-5-2-3-6-4-5/h3-25,40H,1,39H2,2H3;2-4H,1H3/q;+1/b21-8-,26-10+,32-9+,40-25?;. The van der Waals surface area contributed by atoms with Gasteiger partial charge in [0.1, 0.15) is 0 Å². The number of nitrogens with two attached hydrogens (primary N) is 1. The third kappa shape index (κ3) is 6.32. The fourth-order valence-electron chi connectivity index (χ4n) is 6.00. The molecule has 0 atom stereocenters. The van der Waals surface area contributed by atoms with E-state index in [9.17, 15) is 0 Å². The fourth-order valence-corrected chi connectivity index (χ4v) is 6.00. The summed E-state index contributed by atoms with van der Waals surface area (Å²) in [5, 5.41) is 12.6. The zero-order valence-electron chi connectivity index (χ0n) is 26.7. The molecule has 0 aliphatic carbocycles. The highest BCUT2D eigenvalue weighted by atomic mass is 15.0. The monoisotopic (exact) mass is 609 g/mol. The average molecular weight is 610 g/mol. The van der Waals surface area contributed by atoms with Crippen molar-refractivity contribution in [1.29, 1.82) is 5.41 Å². The summed E-state index contributed by atoms with van der Waals surface area (Å²) < 4.78 is 6.21. The summed E-state index contributed by atoms with van der Waals surface area (Å²) in [6, 6.07) is 36.8. The Morgan fingerprint density at radius 3 is 2.30 bits per heavy atom. The van der Waals surface area contributed by atoms with Crippen molar-refractivity contribution in [2.45, 2.75) is 13.8 Å². The molecule has 5 aromatic carbocycles. The molecular weight excluding hydrogens is 573 g/mol. The molecule has 0 unspecified atom stereocenters. The molecule has 47 heavy (non-hydrogen) atoms. The van der Waals surface area contributed by atoms with Crippen LogP contribution < -0.4 is 10.4 Å². The zero-order chi connectivity index (χ0) is 32.8. The lowest BCUT2D eigenvalue weighted by Crippen LogP contribution is -1.95. The van der Waals surface area contributed by atoms with E-state index in [-0.39, 0.29) is 0 Å². The second-order valence-electron chi connectivity index (χ2n) is 11.5. The Hall–Kier alpha value is -6.22. The van der Waals surface area contributed by atoms with Gasteiger partial charge < -0.3 is 15.7 Å². The number of rotatable bonds is 7. The van der Waals surface area contributed by atoms with Crippen LogP contribution in [0.5, 0.6) is 0 Å². The van der Waals surface area contributed by atoms with Crippen LogP contribution in [0.15, 0.2) is 152 Å². The van der Waals surface area contributed by atoms with Gasteiger partial charge in [0.25, 0.3) is 12.4 Å². The molecule has 228 valence electrons. The number of hydrogen-bond acceptors (Lipinski definition) is 2. The molecule has 0 saturated heterocycles. The number of aromatic nitrogens is 1. The van der Waals surface area contributed by atoms with Crippen molar-refractivity contribution in [3.8, 4) is 16.8 Å². The highest BCUT2D eigenvalue weighted by molar-refractivity contribution is 6.20. The van der Waals surface area contributed by atoms with E-state index < -0.39 is 0 Å². The molecular formula is C43H37N4+. The maximum atomic E-state index is 7.86. The van der Waals surface area contributed by atoms with Gasteiger partial charge in [-0.2, -0.15) is 0 Å². The van der Waals surface area contributed by atoms with Gasteiger partial charge in [-0.25, -0.2) is 0 Å². The summed E-state index contributed by atoms with van der Waals surface area (Å²) in [7, 11) is 0. The number of nitrogens with one attached hydrogen (secondary N) is 1.